The standard InChI is InChI=1S/C33H32N2O2/c1-19-11-13-25-24-9-8-10-26(29(24)37-31(25)34-19)27-14-12-20-17-28(36-30(20)35-27)21-15-22(32(2,3)4)18-23(16-21)33(5,6)7/h8-18H,1-7H3. The molecule has 0 aliphatic carbocycles. The fraction of sp³-hybridized carbons (Fsp3) is 0.273. The summed E-state index contributed by atoms with van der Waals surface area (Å²) in [7, 11) is 0. The van der Waals surface area contributed by atoms with E-state index in [-0.39, 0.29) is 10.8 Å². The van der Waals surface area contributed by atoms with Crippen LogP contribution >= 0.6 is 0 Å². The van der Waals surface area contributed by atoms with Gasteiger partial charge in [-0.25, -0.2) is 9.97 Å². The van der Waals surface area contributed by atoms with Crippen molar-refractivity contribution in [2.24, 2.45) is 0 Å². The molecule has 0 spiro atoms. The molecular weight excluding hydrogens is 456 g/mol. The van der Waals surface area contributed by atoms with Crippen LogP contribution in [-0.2, 0) is 10.8 Å². The van der Waals surface area contributed by atoms with Crippen LogP contribution in [0.1, 0.15) is 58.4 Å². The third kappa shape index (κ3) is 4.11. The monoisotopic (exact) mass is 488 g/mol. The summed E-state index contributed by atoms with van der Waals surface area (Å²) in [6.45, 7) is 15.5. The second-order valence-electron chi connectivity index (χ2n) is 12.1. The Kier molecular flexibility index (Phi) is 5.10. The van der Waals surface area contributed by atoms with Gasteiger partial charge in [0.25, 0.3) is 0 Å². The summed E-state index contributed by atoms with van der Waals surface area (Å²) in [4.78, 5) is 9.50. The van der Waals surface area contributed by atoms with Crippen LogP contribution in [0.15, 0.2) is 75.6 Å². The van der Waals surface area contributed by atoms with Gasteiger partial charge in [0.15, 0.2) is 0 Å². The second kappa shape index (κ2) is 8.04. The molecule has 0 amide bonds. The molecule has 0 aliphatic heterocycles. The number of rotatable bonds is 2. The molecule has 4 aromatic heterocycles. The Morgan fingerprint density at radius 3 is 2.08 bits per heavy atom. The number of benzene rings is 2. The number of nitrogens with zero attached hydrogens (tertiary/aromatic N) is 2. The van der Waals surface area contributed by atoms with E-state index in [0.29, 0.717) is 11.4 Å². The average Bonchev–Trinajstić information content (AvgIpc) is 3.43. The van der Waals surface area contributed by atoms with E-state index in [1.54, 1.807) is 0 Å². The van der Waals surface area contributed by atoms with Crippen LogP contribution in [0.4, 0.5) is 0 Å². The van der Waals surface area contributed by atoms with Crippen molar-refractivity contribution >= 4 is 33.2 Å². The quantitative estimate of drug-likeness (QED) is 0.244. The molecule has 37 heavy (non-hydrogen) atoms. The van der Waals surface area contributed by atoms with Crippen molar-refractivity contribution in [1.29, 1.82) is 0 Å². The molecule has 0 N–H and O–H groups in total. The Morgan fingerprint density at radius 2 is 1.38 bits per heavy atom. The molecular formula is C33H32N2O2. The molecule has 4 heteroatoms. The molecule has 6 rings (SSSR count). The molecule has 0 saturated heterocycles. The lowest BCUT2D eigenvalue weighted by atomic mass is 9.79. The summed E-state index contributed by atoms with van der Waals surface area (Å²) in [5, 5.41) is 3.03. The molecule has 0 aliphatic rings. The van der Waals surface area contributed by atoms with Crippen molar-refractivity contribution < 1.29 is 8.83 Å². The summed E-state index contributed by atoms with van der Waals surface area (Å²) in [6.07, 6.45) is 0. The maximum absolute atomic E-state index is 6.38. The number of pyridine rings is 2. The molecule has 186 valence electrons. The Labute approximate surface area is 217 Å². The Balaban J connectivity index is 1.49. The van der Waals surface area contributed by atoms with Crippen LogP contribution in [-0.4, -0.2) is 9.97 Å². The highest BCUT2D eigenvalue weighted by atomic mass is 16.3. The van der Waals surface area contributed by atoms with Gasteiger partial charge in [-0.2, -0.15) is 0 Å². The van der Waals surface area contributed by atoms with E-state index >= 15 is 0 Å². The van der Waals surface area contributed by atoms with E-state index in [1.165, 1.54) is 11.1 Å². The van der Waals surface area contributed by atoms with E-state index in [9.17, 15) is 0 Å². The maximum Gasteiger partial charge on any atom is 0.227 e. The first-order valence-corrected chi connectivity index (χ1v) is 12.8. The van der Waals surface area contributed by atoms with Gasteiger partial charge in [0.2, 0.25) is 11.4 Å². The number of fused-ring (bicyclic) bond motifs is 4. The highest BCUT2D eigenvalue weighted by Gasteiger charge is 2.22. The molecule has 4 nitrogen and oxygen atoms in total. The first-order chi connectivity index (χ1) is 17.5. The summed E-state index contributed by atoms with van der Waals surface area (Å²) >= 11 is 0. The van der Waals surface area contributed by atoms with Crippen LogP contribution in [0.5, 0.6) is 0 Å². The van der Waals surface area contributed by atoms with Crippen molar-refractivity contribution in [3.05, 3.63) is 83.6 Å². The van der Waals surface area contributed by atoms with Crippen molar-refractivity contribution in [3.63, 3.8) is 0 Å². The van der Waals surface area contributed by atoms with Crippen LogP contribution in [0, 0.1) is 6.92 Å². The topological polar surface area (TPSA) is 52.1 Å². The first kappa shape index (κ1) is 23.5. The van der Waals surface area contributed by atoms with Crippen molar-refractivity contribution in [1.82, 2.24) is 9.97 Å². The number of furan rings is 2. The number of hydrogen-bond acceptors (Lipinski definition) is 4. The predicted molar refractivity (Wildman–Crippen MR) is 152 cm³/mol. The van der Waals surface area contributed by atoms with E-state index in [1.807, 2.05) is 31.2 Å². The van der Waals surface area contributed by atoms with Crippen LogP contribution in [0.3, 0.4) is 0 Å². The van der Waals surface area contributed by atoms with Gasteiger partial charge in [0.05, 0.1) is 5.69 Å². The molecule has 0 saturated carbocycles. The summed E-state index contributed by atoms with van der Waals surface area (Å²) in [5.41, 5.74) is 8.48. The lowest BCUT2D eigenvalue weighted by Crippen LogP contribution is -2.16. The molecule has 2 aromatic carbocycles. The molecule has 6 aromatic rings. The van der Waals surface area contributed by atoms with Gasteiger partial charge in [-0.05, 0) is 77.4 Å². The Morgan fingerprint density at radius 1 is 0.649 bits per heavy atom. The van der Waals surface area contributed by atoms with E-state index in [0.717, 1.165) is 50.0 Å². The highest BCUT2D eigenvalue weighted by molar-refractivity contribution is 6.08. The minimum absolute atomic E-state index is 0.0338. The van der Waals surface area contributed by atoms with Crippen LogP contribution in [0.25, 0.3) is 55.7 Å². The summed E-state index contributed by atoms with van der Waals surface area (Å²) in [6, 6.07) is 23.3. The van der Waals surface area contributed by atoms with Crippen LogP contribution in [0.2, 0.25) is 0 Å². The zero-order valence-electron chi connectivity index (χ0n) is 22.6. The second-order valence-corrected chi connectivity index (χ2v) is 12.1. The van der Waals surface area contributed by atoms with Gasteiger partial charge in [0.1, 0.15) is 11.3 Å². The fourth-order valence-corrected chi connectivity index (χ4v) is 4.82. The smallest absolute Gasteiger partial charge is 0.227 e. The number of aromatic nitrogens is 2. The fourth-order valence-electron chi connectivity index (χ4n) is 4.82. The Bertz CT molecular complexity index is 1770. The lowest BCUT2D eigenvalue weighted by Gasteiger charge is -2.25. The van der Waals surface area contributed by atoms with Gasteiger partial charge in [-0.15, -0.1) is 0 Å². The minimum Gasteiger partial charge on any atom is -0.438 e. The van der Waals surface area contributed by atoms with Gasteiger partial charge >= 0.3 is 0 Å². The van der Waals surface area contributed by atoms with Crippen molar-refractivity contribution in [2.75, 3.05) is 0 Å². The molecule has 0 bridgehead atoms. The summed E-state index contributed by atoms with van der Waals surface area (Å²) < 4.78 is 12.6. The third-order valence-electron chi connectivity index (χ3n) is 7.11. The van der Waals surface area contributed by atoms with Gasteiger partial charge in [-0.3, -0.25) is 0 Å². The molecule has 0 fully saturated rings. The Hall–Kier alpha value is -3.92. The average molecular weight is 489 g/mol. The highest BCUT2D eigenvalue weighted by Crippen LogP contribution is 2.38. The zero-order valence-corrected chi connectivity index (χ0v) is 22.6. The van der Waals surface area contributed by atoms with Crippen LogP contribution < -0.4 is 0 Å². The molecule has 0 atom stereocenters. The van der Waals surface area contributed by atoms with E-state index < -0.39 is 0 Å². The number of aryl methyl sites for hydroxylation is 1. The summed E-state index contributed by atoms with van der Waals surface area (Å²) in [5.74, 6) is 0.831. The first-order valence-electron chi connectivity index (χ1n) is 12.8. The largest absolute Gasteiger partial charge is 0.438 e. The minimum atomic E-state index is 0.0338. The number of hydrogen-bond donors (Lipinski definition) is 0. The van der Waals surface area contributed by atoms with Gasteiger partial charge in [0, 0.05) is 33.0 Å². The molecule has 0 unspecified atom stereocenters. The van der Waals surface area contributed by atoms with Crippen molar-refractivity contribution in [3.8, 4) is 22.6 Å². The third-order valence-corrected chi connectivity index (χ3v) is 7.11. The zero-order chi connectivity index (χ0) is 26.1. The normalized spacial score (nSPS) is 12.7. The van der Waals surface area contributed by atoms with E-state index in [2.05, 4.69) is 89.0 Å². The SMILES string of the molecule is Cc1ccc2c(n1)oc1c(-c3ccc4cc(-c5cc(C(C)(C)C)cc(C(C)(C)C)c5)oc4n3)cccc12. The van der Waals surface area contributed by atoms with Crippen molar-refractivity contribution in [2.45, 2.75) is 59.3 Å². The molecule has 4 heterocycles. The lowest BCUT2D eigenvalue weighted by molar-refractivity contribution is 0.567. The van der Waals surface area contributed by atoms with Gasteiger partial charge < -0.3 is 8.83 Å². The predicted octanol–water partition coefficient (Wildman–Crippen LogP) is 9.36. The number of para-hydroxylation sites is 1. The molecule has 0 radical (unpaired) electrons. The van der Waals surface area contributed by atoms with E-state index in [4.69, 9.17) is 13.8 Å². The van der Waals surface area contributed by atoms with Gasteiger partial charge in [-0.1, -0.05) is 59.7 Å². The maximum atomic E-state index is 6.38.